The fourth-order valence-electron chi connectivity index (χ4n) is 5.54. The van der Waals surface area contributed by atoms with Crippen LogP contribution in [0.4, 0.5) is 0 Å². The van der Waals surface area contributed by atoms with Gasteiger partial charge in [-0.1, -0.05) is 53.5 Å². The zero-order valence-corrected chi connectivity index (χ0v) is 23.1. The van der Waals surface area contributed by atoms with Gasteiger partial charge < -0.3 is 14.5 Å². The summed E-state index contributed by atoms with van der Waals surface area (Å²) in [6.07, 6.45) is 0.893. The number of likely N-dealkylation sites (tertiary alicyclic amines) is 1. The lowest BCUT2D eigenvalue weighted by Gasteiger charge is -2.47. The highest BCUT2D eigenvalue weighted by Gasteiger charge is 2.33. The number of benzene rings is 3. The van der Waals surface area contributed by atoms with Crippen LogP contribution in [-0.4, -0.2) is 86.2 Å². The number of fused-ring (bicyclic) bond motifs is 1. The number of morpholine rings is 1. The predicted octanol–water partition coefficient (Wildman–Crippen LogP) is 5.28. The van der Waals surface area contributed by atoms with E-state index in [4.69, 9.17) is 27.9 Å². The average molecular weight is 552 g/mol. The van der Waals surface area contributed by atoms with E-state index >= 15 is 0 Å². The molecule has 3 aromatic carbocycles. The Kier molecular flexibility index (Phi) is 8.52. The Balaban J connectivity index is 1.30. The number of halogens is 2. The zero-order valence-electron chi connectivity index (χ0n) is 21.6. The average Bonchev–Trinajstić information content (AvgIpc) is 2.92. The van der Waals surface area contributed by atoms with Crippen molar-refractivity contribution >= 4 is 39.9 Å². The van der Waals surface area contributed by atoms with Gasteiger partial charge in [-0.25, -0.2) is 0 Å². The van der Waals surface area contributed by atoms with Crippen molar-refractivity contribution in [2.45, 2.75) is 18.4 Å². The molecule has 6 nitrogen and oxygen atoms in total. The minimum atomic E-state index is -0.0975. The van der Waals surface area contributed by atoms with Crippen LogP contribution in [0.15, 0.2) is 54.6 Å². The summed E-state index contributed by atoms with van der Waals surface area (Å²) in [5, 5.41) is 12.3. The number of carbonyl (C=O) groups is 1. The van der Waals surface area contributed by atoms with Crippen LogP contribution in [0.1, 0.15) is 33.8 Å². The smallest absolute Gasteiger partial charge is 0.254 e. The highest BCUT2D eigenvalue weighted by atomic mass is 35.5. The summed E-state index contributed by atoms with van der Waals surface area (Å²) >= 11 is 12.6. The van der Waals surface area contributed by atoms with Gasteiger partial charge in [-0.05, 0) is 53.6 Å². The number of nitrogens with zero attached hydrogens (tertiary/aromatic N) is 4. The van der Waals surface area contributed by atoms with Crippen molar-refractivity contribution < 1.29 is 9.53 Å². The van der Waals surface area contributed by atoms with E-state index in [9.17, 15) is 10.1 Å². The molecule has 0 spiro atoms. The maximum absolute atomic E-state index is 13.7. The molecular weight excluding hydrogens is 519 g/mol. The summed E-state index contributed by atoms with van der Waals surface area (Å²) in [6.45, 7) is 7.28. The van der Waals surface area contributed by atoms with E-state index in [0.29, 0.717) is 33.8 Å². The minimum absolute atomic E-state index is 0.0894. The highest BCUT2D eigenvalue weighted by Crippen LogP contribution is 2.30. The van der Waals surface area contributed by atoms with Gasteiger partial charge in [-0.2, -0.15) is 5.26 Å². The summed E-state index contributed by atoms with van der Waals surface area (Å²) in [5.74, 6) is -0.00809. The van der Waals surface area contributed by atoms with Gasteiger partial charge in [0.2, 0.25) is 0 Å². The second-order valence-electron chi connectivity index (χ2n) is 10.3. The monoisotopic (exact) mass is 550 g/mol. The van der Waals surface area contributed by atoms with Gasteiger partial charge in [0, 0.05) is 57.3 Å². The van der Waals surface area contributed by atoms with Crippen molar-refractivity contribution in [1.29, 1.82) is 5.26 Å². The maximum Gasteiger partial charge on any atom is 0.254 e. The van der Waals surface area contributed by atoms with E-state index in [1.165, 1.54) is 0 Å². The predicted molar refractivity (Wildman–Crippen MR) is 152 cm³/mol. The molecule has 0 bridgehead atoms. The van der Waals surface area contributed by atoms with Crippen LogP contribution in [0.25, 0.3) is 10.8 Å². The first-order valence-electron chi connectivity index (χ1n) is 13.1. The van der Waals surface area contributed by atoms with Crippen molar-refractivity contribution in [3.63, 3.8) is 0 Å². The lowest BCUT2D eigenvalue weighted by molar-refractivity contribution is -0.0326. The molecule has 0 radical (unpaired) electrons. The van der Waals surface area contributed by atoms with E-state index in [0.717, 1.165) is 68.7 Å². The van der Waals surface area contributed by atoms with Gasteiger partial charge in [0.05, 0.1) is 34.9 Å². The molecule has 2 fully saturated rings. The molecular formula is C30H32Cl2N4O2. The number of rotatable bonds is 8. The molecule has 198 valence electrons. The Morgan fingerprint density at radius 2 is 1.87 bits per heavy atom. The normalized spacial score (nSPS) is 17.6. The van der Waals surface area contributed by atoms with Crippen LogP contribution in [0.5, 0.6) is 0 Å². The molecule has 8 heteroatoms. The Morgan fingerprint density at radius 1 is 1.11 bits per heavy atom. The lowest BCUT2D eigenvalue weighted by atomic mass is 9.93. The van der Waals surface area contributed by atoms with Gasteiger partial charge in [-0.3, -0.25) is 9.69 Å². The summed E-state index contributed by atoms with van der Waals surface area (Å²) < 4.78 is 5.49. The number of likely N-dealkylation sites (N-methyl/N-ethyl adjacent to an activating group) is 1. The molecule has 0 N–H and O–H groups in total. The fraction of sp³-hybridized carbons (Fsp3) is 0.400. The van der Waals surface area contributed by atoms with Crippen LogP contribution >= 0.6 is 23.2 Å². The SMILES string of the molecule is CN(C[C@@H](CCN1CC(N2CCOCC2)C1)c1ccc(Cl)c(Cl)c1)C(=O)c1cc(C#N)cc2ccccc12. The van der Waals surface area contributed by atoms with Crippen molar-refractivity contribution in [3.8, 4) is 6.07 Å². The van der Waals surface area contributed by atoms with Crippen LogP contribution in [-0.2, 0) is 4.74 Å². The molecule has 38 heavy (non-hydrogen) atoms. The summed E-state index contributed by atoms with van der Waals surface area (Å²) in [5.41, 5.74) is 2.10. The maximum atomic E-state index is 13.7. The van der Waals surface area contributed by atoms with Gasteiger partial charge in [0.15, 0.2) is 0 Å². The molecule has 1 amide bonds. The van der Waals surface area contributed by atoms with Gasteiger partial charge in [0.1, 0.15) is 0 Å². The molecule has 2 heterocycles. The van der Waals surface area contributed by atoms with E-state index < -0.39 is 0 Å². The number of carbonyl (C=O) groups excluding carboxylic acids is 1. The molecule has 0 aromatic heterocycles. The number of amides is 1. The van der Waals surface area contributed by atoms with Crippen molar-refractivity contribution in [2.75, 3.05) is 59.5 Å². The molecule has 1 atom stereocenters. The number of hydrogen-bond acceptors (Lipinski definition) is 5. The van der Waals surface area contributed by atoms with Gasteiger partial charge >= 0.3 is 0 Å². The Morgan fingerprint density at radius 3 is 2.61 bits per heavy atom. The van der Waals surface area contributed by atoms with Gasteiger partial charge in [-0.15, -0.1) is 0 Å². The van der Waals surface area contributed by atoms with Crippen LogP contribution < -0.4 is 0 Å². The molecule has 2 saturated heterocycles. The Bertz CT molecular complexity index is 1350. The highest BCUT2D eigenvalue weighted by molar-refractivity contribution is 6.42. The molecule has 5 rings (SSSR count). The number of nitriles is 1. The first kappa shape index (κ1) is 26.9. The first-order chi connectivity index (χ1) is 18.4. The Hall–Kier alpha value is -2.66. The largest absolute Gasteiger partial charge is 0.379 e. The third kappa shape index (κ3) is 5.98. The Labute approximate surface area is 234 Å². The van der Waals surface area contributed by atoms with E-state index in [2.05, 4.69) is 15.9 Å². The summed E-state index contributed by atoms with van der Waals surface area (Å²) in [6, 6.07) is 19.8. The molecule has 0 aliphatic carbocycles. The molecule has 3 aromatic rings. The third-order valence-electron chi connectivity index (χ3n) is 7.77. The van der Waals surface area contributed by atoms with E-state index in [1.54, 1.807) is 11.0 Å². The second-order valence-corrected chi connectivity index (χ2v) is 11.1. The standard InChI is InChI=1S/C30H32Cl2N4O2/c1-34(30(37)27-15-21(17-33)14-23-4-2-3-5-26(23)27)18-24(22-6-7-28(31)29(32)16-22)8-9-35-19-25(20-35)36-10-12-38-13-11-36/h2-7,14-16,24-25H,8-13,18-20H2,1H3/t24-/m1/s1. The quantitative estimate of drug-likeness (QED) is 0.381. The zero-order chi connectivity index (χ0) is 26.6. The lowest BCUT2D eigenvalue weighted by Crippen LogP contribution is -2.61. The van der Waals surface area contributed by atoms with E-state index in [1.807, 2.05) is 55.6 Å². The van der Waals surface area contributed by atoms with Crippen LogP contribution in [0.3, 0.4) is 0 Å². The molecule has 0 unspecified atom stereocenters. The van der Waals surface area contributed by atoms with Crippen LogP contribution in [0, 0.1) is 11.3 Å². The number of hydrogen-bond donors (Lipinski definition) is 0. The van der Waals surface area contributed by atoms with Crippen molar-refractivity contribution in [2.24, 2.45) is 0 Å². The van der Waals surface area contributed by atoms with Gasteiger partial charge in [0.25, 0.3) is 5.91 Å². The first-order valence-corrected chi connectivity index (χ1v) is 13.9. The molecule has 0 saturated carbocycles. The van der Waals surface area contributed by atoms with Crippen molar-refractivity contribution in [1.82, 2.24) is 14.7 Å². The van der Waals surface area contributed by atoms with Crippen LogP contribution in [0.2, 0.25) is 10.0 Å². The molecule has 2 aliphatic heterocycles. The molecule has 2 aliphatic rings. The summed E-state index contributed by atoms with van der Waals surface area (Å²) in [7, 11) is 1.83. The van der Waals surface area contributed by atoms with Crippen molar-refractivity contribution in [3.05, 3.63) is 81.3 Å². The second kappa shape index (κ2) is 12.0. The minimum Gasteiger partial charge on any atom is -0.379 e. The summed E-state index contributed by atoms with van der Waals surface area (Å²) in [4.78, 5) is 20.5. The third-order valence-corrected chi connectivity index (χ3v) is 8.51. The number of ether oxygens (including phenoxy) is 1. The van der Waals surface area contributed by atoms with E-state index in [-0.39, 0.29) is 11.8 Å². The fourth-order valence-corrected chi connectivity index (χ4v) is 5.84. The topological polar surface area (TPSA) is 59.8 Å².